The quantitative estimate of drug-likeness (QED) is 0.751. The maximum absolute atomic E-state index is 12.3. The normalized spacial score (nSPS) is 17.6. The van der Waals surface area contributed by atoms with Crippen LogP contribution < -0.4 is 4.72 Å². The molecule has 0 bridgehead atoms. The van der Waals surface area contributed by atoms with Gasteiger partial charge in [-0.05, 0) is 47.0 Å². The molecule has 0 unspecified atom stereocenters. The van der Waals surface area contributed by atoms with Gasteiger partial charge in [-0.3, -0.25) is 9.52 Å². The highest BCUT2D eigenvalue weighted by atomic mass is 79.9. The lowest BCUT2D eigenvalue weighted by molar-refractivity contribution is -0.142. The maximum atomic E-state index is 12.3. The van der Waals surface area contributed by atoms with Crippen molar-refractivity contribution in [2.45, 2.75) is 12.8 Å². The molecule has 1 aromatic rings. The molecule has 1 aromatic carbocycles. The monoisotopic (exact) mass is 440 g/mol. The Morgan fingerprint density at radius 3 is 2.43 bits per heavy atom. The van der Waals surface area contributed by atoms with E-state index in [1.165, 1.54) is 4.31 Å². The second-order valence-corrected chi connectivity index (χ2v) is 8.18. The van der Waals surface area contributed by atoms with E-state index in [2.05, 4.69) is 36.6 Å². The van der Waals surface area contributed by atoms with Gasteiger partial charge in [-0.25, -0.2) is 0 Å². The van der Waals surface area contributed by atoms with Gasteiger partial charge in [0, 0.05) is 22.0 Å². The van der Waals surface area contributed by atoms with Gasteiger partial charge >= 0.3 is 16.2 Å². The van der Waals surface area contributed by atoms with Gasteiger partial charge < -0.3 is 5.11 Å². The molecule has 0 aliphatic carbocycles. The molecule has 0 spiro atoms. The highest BCUT2D eigenvalue weighted by Crippen LogP contribution is 2.28. The van der Waals surface area contributed by atoms with Crippen LogP contribution in [0.3, 0.4) is 0 Å². The highest BCUT2D eigenvalue weighted by Gasteiger charge is 2.31. The number of nitrogens with one attached hydrogen (secondary N) is 1. The first-order chi connectivity index (χ1) is 9.79. The lowest BCUT2D eigenvalue weighted by atomic mass is 9.99. The fourth-order valence-corrected chi connectivity index (χ4v) is 4.67. The van der Waals surface area contributed by atoms with E-state index < -0.39 is 22.1 Å². The van der Waals surface area contributed by atoms with Gasteiger partial charge in [0.15, 0.2) is 0 Å². The van der Waals surface area contributed by atoms with E-state index >= 15 is 0 Å². The topological polar surface area (TPSA) is 86.7 Å². The summed E-state index contributed by atoms with van der Waals surface area (Å²) in [5.41, 5.74) is 0.443. The van der Waals surface area contributed by atoms with Gasteiger partial charge in [0.1, 0.15) is 0 Å². The van der Waals surface area contributed by atoms with Crippen molar-refractivity contribution in [3.63, 3.8) is 0 Å². The predicted octanol–water partition coefficient (Wildman–Crippen LogP) is 2.66. The van der Waals surface area contributed by atoms with Crippen molar-refractivity contribution < 1.29 is 18.3 Å². The SMILES string of the molecule is O=C(O)C1CCN(S(=O)(=O)Nc2ccc(Br)cc2Br)CC1. The largest absolute Gasteiger partial charge is 0.481 e. The average molecular weight is 442 g/mol. The Balaban J connectivity index is 2.07. The zero-order chi connectivity index (χ0) is 15.6. The number of carboxylic acids is 1. The van der Waals surface area contributed by atoms with E-state index in [0.29, 0.717) is 23.0 Å². The minimum absolute atomic E-state index is 0.209. The van der Waals surface area contributed by atoms with Gasteiger partial charge in [0.2, 0.25) is 0 Å². The number of carboxylic acid groups (broad SMARTS) is 1. The van der Waals surface area contributed by atoms with Crippen LogP contribution in [-0.2, 0) is 15.0 Å². The molecule has 2 rings (SSSR count). The number of hydrogen-bond acceptors (Lipinski definition) is 3. The fraction of sp³-hybridized carbons (Fsp3) is 0.417. The molecule has 0 saturated carbocycles. The third-order valence-electron chi connectivity index (χ3n) is 3.31. The maximum Gasteiger partial charge on any atom is 0.306 e. The van der Waals surface area contributed by atoms with Crippen LogP contribution in [0, 0.1) is 5.92 Å². The Morgan fingerprint density at radius 2 is 1.90 bits per heavy atom. The number of hydrogen-bond donors (Lipinski definition) is 2. The van der Waals surface area contributed by atoms with E-state index in [0.717, 1.165) is 4.47 Å². The number of benzene rings is 1. The molecule has 2 N–H and O–H groups in total. The molecule has 1 saturated heterocycles. The molecule has 0 radical (unpaired) electrons. The van der Waals surface area contributed by atoms with Crippen LogP contribution in [0.4, 0.5) is 5.69 Å². The molecule has 1 heterocycles. The molecule has 0 atom stereocenters. The first-order valence-corrected chi connectivity index (χ1v) is 9.28. The number of carbonyl (C=O) groups is 1. The summed E-state index contributed by atoms with van der Waals surface area (Å²) in [6, 6.07) is 5.13. The summed E-state index contributed by atoms with van der Waals surface area (Å²) < 4.78 is 29.9. The molecule has 0 aromatic heterocycles. The number of anilines is 1. The van der Waals surface area contributed by atoms with Gasteiger partial charge in [0.05, 0.1) is 11.6 Å². The van der Waals surface area contributed by atoms with E-state index in [-0.39, 0.29) is 13.1 Å². The summed E-state index contributed by atoms with van der Waals surface area (Å²) in [5.74, 6) is -1.33. The van der Waals surface area contributed by atoms with Gasteiger partial charge in [-0.1, -0.05) is 15.9 Å². The third kappa shape index (κ3) is 4.18. The van der Waals surface area contributed by atoms with Crippen LogP contribution in [0.25, 0.3) is 0 Å². The zero-order valence-corrected chi connectivity index (χ0v) is 14.9. The molecular formula is C12H14Br2N2O4S. The van der Waals surface area contributed by atoms with Crippen LogP contribution in [-0.4, -0.2) is 36.9 Å². The molecule has 1 aliphatic rings. The summed E-state index contributed by atoms with van der Waals surface area (Å²) in [4.78, 5) is 10.9. The summed E-state index contributed by atoms with van der Waals surface area (Å²) in [7, 11) is -3.68. The second-order valence-electron chi connectivity index (χ2n) is 4.74. The molecule has 1 aliphatic heterocycles. The van der Waals surface area contributed by atoms with Crippen molar-refractivity contribution in [1.29, 1.82) is 0 Å². The summed E-state index contributed by atoms with van der Waals surface area (Å²) in [6.07, 6.45) is 0.662. The summed E-state index contributed by atoms with van der Waals surface area (Å²) >= 11 is 6.60. The first kappa shape index (κ1) is 16.7. The highest BCUT2D eigenvalue weighted by molar-refractivity contribution is 9.11. The Hall–Kier alpha value is -0.640. The van der Waals surface area contributed by atoms with Crippen molar-refractivity contribution in [3.05, 3.63) is 27.1 Å². The second kappa shape index (κ2) is 6.64. The number of rotatable bonds is 4. The molecule has 21 heavy (non-hydrogen) atoms. The predicted molar refractivity (Wildman–Crippen MR) is 86.3 cm³/mol. The summed E-state index contributed by atoms with van der Waals surface area (Å²) in [6.45, 7) is 0.418. The van der Waals surface area contributed by atoms with Crippen LogP contribution in [0.5, 0.6) is 0 Å². The van der Waals surface area contributed by atoms with Crippen LogP contribution in [0.15, 0.2) is 27.1 Å². The molecule has 116 valence electrons. The third-order valence-corrected chi connectivity index (χ3v) is 5.99. The van der Waals surface area contributed by atoms with Crippen molar-refractivity contribution in [2.75, 3.05) is 17.8 Å². The molecular weight excluding hydrogens is 428 g/mol. The number of halogens is 2. The number of piperidine rings is 1. The Bertz CT molecular complexity index is 643. The average Bonchev–Trinajstić information content (AvgIpc) is 2.42. The van der Waals surface area contributed by atoms with Gasteiger partial charge in [-0.2, -0.15) is 12.7 Å². The van der Waals surface area contributed by atoms with Crippen molar-refractivity contribution in [1.82, 2.24) is 4.31 Å². The van der Waals surface area contributed by atoms with Crippen LogP contribution in [0.2, 0.25) is 0 Å². The van der Waals surface area contributed by atoms with Crippen LogP contribution in [0.1, 0.15) is 12.8 Å². The summed E-state index contributed by atoms with van der Waals surface area (Å²) in [5, 5.41) is 8.93. The molecule has 0 amide bonds. The Labute approximate surface area is 140 Å². The lowest BCUT2D eigenvalue weighted by Gasteiger charge is -2.29. The van der Waals surface area contributed by atoms with E-state index in [1.54, 1.807) is 18.2 Å². The van der Waals surface area contributed by atoms with Crippen molar-refractivity contribution >= 4 is 53.7 Å². The Morgan fingerprint density at radius 1 is 1.29 bits per heavy atom. The van der Waals surface area contributed by atoms with E-state index in [4.69, 9.17) is 5.11 Å². The minimum atomic E-state index is -3.68. The zero-order valence-electron chi connectivity index (χ0n) is 10.9. The molecule has 9 heteroatoms. The Kier molecular flexibility index (Phi) is 5.29. The standard InChI is InChI=1S/C12H14Br2N2O4S/c13-9-1-2-11(10(14)7-9)15-21(19,20)16-5-3-8(4-6-16)12(17)18/h1-2,7-8,15H,3-6H2,(H,17,18). The minimum Gasteiger partial charge on any atom is -0.481 e. The van der Waals surface area contributed by atoms with Gasteiger partial charge in [-0.15, -0.1) is 0 Å². The lowest BCUT2D eigenvalue weighted by Crippen LogP contribution is -2.43. The van der Waals surface area contributed by atoms with E-state index in [9.17, 15) is 13.2 Å². The van der Waals surface area contributed by atoms with E-state index in [1.807, 2.05) is 0 Å². The first-order valence-electron chi connectivity index (χ1n) is 6.25. The van der Waals surface area contributed by atoms with Gasteiger partial charge in [0.25, 0.3) is 0 Å². The number of aliphatic carboxylic acids is 1. The molecule has 1 fully saturated rings. The molecule has 6 nitrogen and oxygen atoms in total. The fourth-order valence-electron chi connectivity index (χ4n) is 2.12. The smallest absolute Gasteiger partial charge is 0.306 e. The number of nitrogens with zero attached hydrogens (tertiary/aromatic N) is 1. The van der Waals surface area contributed by atoms with Crippen molar-refractivity contribution in [3.8, 4) is 0 Å². The van der Waals surface area contributed by atoms with Crippen LogP contribution >= 0.6 is 31.9 Å². The van der Waals surface area contributed by atoms with Crippen molar-refractivity contribution in [2.24, 2.45) is 5.92 Å².